The SMILES string of the molecule is CCCOc1ccccc1OCC(=O)OCc1cc(=O)n2cc(C)ccc2n1. The normalized spacial score (nSPS) is 10.6. The quantitative estimate of drug-likeness (QED) is 0.558. The fourth-order valence-corrected chi connectivity index (χ4v) is 2.57. The molecule has 0 unspecified atom stereocenters. The highest BCUT2D eigenvalue weighted by molar-refractivity contribution is 5.71. The highest BCUT2D eigenvalue weighted by Crippen LogP contribution is 2.26. The molecule has 0 N–H and O–H groups in total. The molecule has 7 nitrogen and oxygen atoms in total. The molecule has 1 aromatic carbocycles. The zero-order valence-electron chi connectivity index (χ0n) is 15.9. The maximum Gasteiger partial charge on any atom is 0.344 e. The van der Waals surface area contributed by atoms with Gasteiger partial charge in [-0.25, -0.2) is 9.78 Å². The standard InChI is InChI=1S/C21H22N2O5/c1-3-10-26-17-6-4-5-7-18(17)27-14-21(25)28-13-16-11-20(24)23-12-15(2)8-9-19(23)22-16/h4-9,11-12H,3,10,13-14H2,1-2H3. The van der Waals surface area contributed by atoms with Crippen molar-refractivity contribution in [3.8, 4) is 11.5 Å². The van der Waals surface area contributed by atoms with E-state index in [-0.39, 0.29) is 18.8 Å². The minimum atomic E-state index is -0.559. The molecule has 0 saturated carbocycles. The van der Waals surface area contributed by atoms with E-state index in [9.17, 15) is 9.59 Å². The molecule has 0 aliphatic rings. The fourth-order valence-electron chi connectivity index (χ4n) is 2.57. The monoisotopic (exact) mass is 382 g/mol. The van der Waals surface area contributed by atoms with Crippen LogP contribution in [0.15, 0.2) is 53.5 Å². The van der Waals surface area contributed by atoms with Gasteiger partial charge in [0.05, 0.1) is 12.3 Å². The van der Waals surface area contributed by atoms with Gasteiger partial charge in [0, 0.05) is 12.3 Å². The van der Waals surface area contributed by atoms with Gasteiger partial charge in [-0.3, -0.25) is 9.20 Å². The largest absolute Gasteiger partial charge is 0.490 e. The number of fused-ring (bicyclic) bond motifs is 1. The molecule has 0 spiro atoms. The first kappa shape index (κ1) is 19.4. The Labute approximate surface area is 162 Å². The molecule has 3 rings (SSSR count). The minimum Gasteiger partial charge on any atom is -0.490 e. The van der Waals surface area contributed by atoms with E-state index in [1.165, 1.54) is 10.5 Å². The van der Waals surface area contributed by atoms with Crippen LogP contribution in [0.1, 0.15) is 24.6 Å². The third-order valence-electron chi connectivity index (χ3n) is 3.90. The van der Waals surface area contributed by atoms with Crippen LogP contribution in [0, 0.1) is 6.92 Å². The van der Waals surface area contributed by atoms with Crippen LogP contribution in [-0.4, -0.2) is 28.6 Å². The molecule has 0 aliphatic carbocycles. The molecule has 2 heterocycles. The van der Waals surface area contributed by atoms with Gasteiger partial charge in [0.1, 0.15) is 12.3 Å². The summed E-state index contributed by atoms with van der Waals surface area (Å²) >= 11 is 0. The molecule has 0 fully saturated rings. The fraction of sp³-hybridized carbons (Fsp3) is 0.286. The van der Waals surface area contributed by atoms with Gasteiger partial charge >= 0.3 is 5.97 Å². The molecule has 0 atom stereocenters. The summed E-state index contributed by atoms with van der Waals surface area (Å²) in [5.41, 5.74) is 1.62. The zero-order chi connectivity index (χ0) is 19.9. The maximum atomic E-state index is 12.2. The Bertz CT molecular complexity index is 1030. The third-order valence-corrected chi connectivity index (χ3v) is 3.90. The predicted octanol–water partition coefficient (Wildman–Crippen LogP) is 2.91. The Balaban J connectivity index is 1.59. The first-order valence-electron chi connectivity index (χ1n) is 9.06. The second kappa shape index (κ2) is 9.03. The molecular weight excluding hydrogens is 360 g/mol. The number of carbonyl (C=O) groups is 1. The lowest BCUT2D eigenvalue weighted by atomic mass is 10.3. The van der Waals surface area contributed by atoms with Crippen LogP contribution >= 0.6 is 0 Å². The van der Waals surface area contributed by atoms with Crippen molar-refractivity contribution >= 4 is 11.6 Å². The topological polar surface area (TPSA) is 79.1 Å². The van der Waals surface area contributed by atoms with Gasteiger partial charge in [0.25, 0.3) is 5.56 Å². The van der Waals surface area contributed by atoms with Crippen molar-refractivity contribution in [2.24, 2.45) is 0 Å². The number of nitrogens with zero attached hydrogens (tertiary/aromatic N) is 2. The Kier molecular flexibility index (Phi) is 6.26. The van der Waals surface area contributed by atoms with Crippen LogP contribution in [0.25, 0.3) is 5.65 Å². The van der Waals surface area contributed by atoms with Gasteiger partial charge in [-0.1, -0.05) is 25.1 Å². The van der Waals surface area contributed by atoms with E-state index >= 15 is 0 Å². The lowest BCUT2D eigenvalue weighted by Crippen LogP contribution is -2.19. The number of ether oxygens (including phenoxy) is 3. The number of hydrogen-bond donors (Lipinski definition) is 0. The molecule has 146 valence electrons. The van der Waals surface area contributed by atoms with E-state index < -0.39 is 5.97 Å². The van der Waals surface area contributed by atoms with Crippen LogP contribution in [0.3, 0.4) is 0 Å². The second-order valence-corrected chi connectivity index (χ2v) is 6.26. The van der Waals surface area contributed by atoms with Crippen LogP contribution in [0.5, 0.6) is 11.5 Å². The molecule has 0 bridgehead atoms. The molecular formula is C21H22N2O5. The number of para-hydroxylation sites is 2. The van der Waals surface area contributed by atoms with Crippen molar-refractivity contribution in [3.05, 3.63) is 70.3 Å². The summed E-state index contributed by atoms with van der Waals surface area (Å²) in [4.78, 5) is 28.5. The van der Waals surface area contributed by atoms with E-state index in [0.29, 0.717) is 29.4 Å². The summed E-state index contributed by atoms with van der Waals surface area (Å²) in [6.45, 7) is 4.10. The molecule has 28 heavy (non-hydrogen) atoms. The predicted molar refractivity (Wildman–Crippen MR) is 104 cm³/mol. The summed E-state index contributed by atoms with van der Waals surface area (Å²) in [6.07, 6.45) is 2.58. The second-order valence-electron chi connectivity index (χ2n) is 6.26. The number of aromatic nitrogens is 2. The average molecular weight is 382 g/mol. The number of esters is 1. The number of benzene rings is 1. The van der Waals surface area contributed by atoms with Gasteiger partial charge in [0.2, 0.25) is 0 Å². The van der Waals surface area contributed by atoms with Gasteiger partial charge in [-0.15, -0.1) is 0 Å². The smallest absolute Gasteiger partial charge is 0.344 e. The van der Waals surface area contributed by atoms with Gasteiger partial charge in [0.15, 0.2) is 18.1 Å². The summed E-state index contributed by atoms with van der Waals surface area (Å²) < 4.78 is 17.7. The maximum absolute atomic E-state index is 12.2. The van der Waals surface area contributed by atoms with E-state index in [0.717, 1.165) is 12.0 Å². The molecule has 7 heteroatoms. The molecule has 3 aromatic rings. The first-order chi connectivity index (χ1) is 13.6. The van der Waals surface area contributed by atoms with E-state index in [1.807, 2.05) is 26.0 Å². The third kappa shape index (κ3) is 4.88. The summed E-state index contributed by atoms with van der Waals surface area (Å²) in [5, 5.41) is 0. The van der Waals surface area contributed by atoms with Crippen LogP contribution in [-0.2, 0) is 16.1 Å². The minimum absolute atomic E-state index is 0.101. The molecule has 0 radical (unpaired) electrons. The Morgan fingerprint density at radius 3 is 2.61 bits per heavy atom. The summed E-state index contributed by atoms with van der Waals surface area (Å²) in [5.74, 6) is 0.498. The Morgan fingerprint density at radius 2 is 1.86 bits per heavy atom. The number of rotatable bonds is 8. The van der Waals surface area contributed by atoms with Gasteiger partial charge in [-0.05, 0) is 37.1 Å². The number of hydrogen-bond acceptors (Lipinski definition) is 6. The van der Waals surface area contributed by atoms with E-state index in [2.05, 4.69) is 4.98 Å². The highest BCUT2D eigenvalue weighted by atomic mass is 16.6. The van der Waals surface area contributed by atoms with Crippen LogP contribution in [0.2, 0.25) is 0 Å². The van der Waals surface area contributed by atoms with Crippen molar-refractivity contribution in [3.63, 3.8) is 0 Å². The molecule has 0 aliphatic heterocycles. The van der Waals surface area contributed by atoms with E-state index in [1.54, 1.807) is 30.5 Å². The number of carbonyl (C=O) groups excluding carboxylic acids is 1. The molecule has 0 amide bonds. The zero-order valence-corrected chi connectivity index (χ0v) is 15.9. The van der Waals surface area contributed by atoms with Crippen molar-refractivity contribution in [2.75, 3.05) is 13.2 Å². The van der Waals surface area contributed by atoms with Crippen molar-refractivity contribution in [1.29, 1.82) is 0 Å². The van der Waals surface area contributed by atoms with E-state index in [4.69, 9.17) is 14.2 Å². The Hall–Kier alpha value is -3.35. The highest BCUT2D eigenvalue weighted by Gasteiger charge is 2.10. The van der Waals surface area contributed by atoms with Crippen LogP contribution < -0.4 is 15.0 Å². The summed E-state index contributed by atoms with van der Waals surface area (Å²) in [6, 6.07) is 12.1. The number of aryl methyl sites for hydroxylation is 1. The molecule has 2 aromatic heterocycles. The summed E-state index contributed by atoms with van der Waals surface area (Å²) in [7, 11) is 0. The lowest BCUT2D eigenvalue weighted by Gasteiger charge is -2.12. The van der Waals surface area contributed by atoms with Crippen molar-refractivity contribution < 1.29 is 19.0 Å². The average Bonchev–Trinajstić information content (AvgIpc) is 2.70. The molecule has 0 saturated heterocycles. The van der Waals surface area contributed by atoms with Gasteiger partial charge in [-0.2, -0.15) is 0 Å². The van der Waals surface area contributed by atoms with Crippen molar-refractivity contribution in [2.45, 2.75) is 26.9 Å². The van der Waals surface area contributed by atoms with Crippen molar-refractivity contribution in [1.82, 2.24) is 9.38 Å². The van der Waals surface area contributed by atoms with Crippen LogP contribution in [0.4, 0.5) is 0 Å². The number of pyridine rings is 1. The lowest BCUT2D eigenvalue weighted by molar-refractivity contribution is -0.147. The first-order valence-corrected chi connectivity index (χ1v) is 9.06. The Morgan fingerprint density at radius 1 is 1.11 bits per heavy atom. The van der Waals surface area contributed by atoms with Gasteiger partial charge < -0.3 is 14.2 Å².